The van der Waals surface area contributed by atoms with Crippen molar-refractivity contribution in [2.24, 2.45) is 0 Å². The van der Waals surface area contributed by atoms with E-state index in [9.17, 15) is 9.59 Å². The third kappa shape index (κ3) is 6.21. The van der Waals surface area contributed by atoms with Crippen molar-refractivity contribution in [3.63, 3.8) is 0 Å². The molecule has 9 nitrogen and oxygen atoms in total. The van der Waals surface area contributed by atoms with E-state index in [1.165, 1.54) is 4.90 Å². The third-order valence-corrected chi connectivity index (χ3v) is 6.94. The summed E-state index contributed by atoms with van der Waals surface area (Å²) in [5.41, 5.74) is 1.98. The maximum atomic E-state index is 13.4. The molecule has 1 fully saturated rings. The van der Waals surface area contributed by atoms with Gasteiger partial charge in [0.25, 0.3) is 5.91 Å². The highest BCUT2D eigenvalue weighted by molar-refractivity contribution is 6.33. The molecule has 2 aromatic carbocycles. The Hall–Kier alpha value is -4.37. The quantitative estimate of drug-likeness (QED) is 0.324. The van der Waals surface area contributed by atoms with Crippen molar-refractivity contribution in [3.05, 3.63) is 95.4 Å². The number of hydrogen-bond acceptors (Lipinski definition) is 7. The first-order valence-corrected chi connectivity index (χ1v) is 13.0. The molecule has 0 aliphatic carbocycles. The average molecular weight is 546 g/mol. The number of piperazine rings is 1. The van der Waals surface area contributed by atoms with E-state index in [1.807, 2.05) is 36.4 Å². The Bertz CT molecular complexity index is 1420. The van der Waals surface area contributed by atoms with Crippen LogP contribution in [0.4, 0.5) is 5.82 Å². The SMILES string of the molecule is COc1cccc(C(=O)N(CC(=O)N2CCN(c3ccc(-c4ccccc4Cl)nn3)CC2)Cc2ccco2)c1. The van der Waals surface area contributed by atoms with Crippen molar-refractivity contribution >= 4 is 29.2 Å². The predicted octanol–water partition coefficient (Wildman–Crippen LogP) is 4.39. The lowest BCUT2D eigenvalue weighted by molar-refractivity contribution is -0.132. The molecule has 3 heterocycles. The van der Waals surface area contributed by atoms with E-state index in [4.69, 9.17) is 20.8 Å². The minimum absolute atomic E-state index is 0.0664. The van der Waals surface area contributed by atoms with E-state index in [2.05, 4.69) is 15.1 Å². The molecule has 10 heteroatoms. The topological polar surface area (TPSA) is 92.0 Å². The fourth-order valence-corrected chi connectivity index (χ4v) is 4.72. The van der Waals surface area contributed by atoms with Gasteiger partial charge in [0.15, 0.2) is 5.82 Å². The molecule has 0 saturated carbocycles. The van der Waals surface area contributed by atoms with Crippen LogP contribution >= 0.6 is 11.6 Å². The first kappa shape index (κ1) is 26.2. The fourth-order valence-electron chi connectivity index (χ4n) is 4.48. The van der Waals surface area contributed by atoms with Crippen LogP contribution in [-0.4, -0.2) is 71.6 Å². The zero-order chi connectivity index (χ0) is 27.2. The fraction of sp³-hybridized carbons (Fsp3) is 0.241. The molecule has 0 unspecified atom stereocenters. The molecule has 0 N–H and O–H groups in total. The van der Waals surface area contributed by atoms with Crippen LogP contribution in [0.1, 0.15) is 16.1 Å². The second-order valence-electron chi connectivity index (χ2n) is 9.10. The second-order valence-corrected chi connectivity index (χ2v) is 9.50. The lowest BCUT2D eigenvalue weighted by atomic mass is 10.1. The Labute approximate surface area is 231 Å². The van der Waals surface area contributed by atoms with Crippen LogP contribution < -0.4 is 9.64 Å². The first-order valence-electron chi connectivity index (χ1n) is 12.6. The number of amides is 2. The van der Waals surface area contributed by atoms with E-state index < -0.39 is 0 Å². The molecule has 1 saturated heterocycles. The van der Waals surface area contributed by atoms with Crippen molar-refractivity contribution in [2.45, 2.75) is 6.54 Å². The highest BCUT2D eigenvalue weighted by Gasteiger charge is 2.27. The Morgan fingerprint density at radius 1 is 0.974 bits per heavy atom. The standard InChI is InChI=1S/C29H28ClN5O4/c1-38-22-7-4-6-21(18-22)29(37)35(19-23-8-5-17-39-23)20-28(36)34-15-13-33(14-16-34)27-12-11-26(31-32-27)24-9-2-3-10-25(24)30/h2-12,17-18H,13-16,19-20H2,1H3. The molecule has 4 aromatic rings. The molecular formula is C29H28ClN5O4. The van der Waals surface area contributed by atoms with Gasteiger partial charge in [-0.2, -0.15) is 0 Å². The number of rotatable bonds is 8. The van der Waals surface area contributed by atoms with Gasteiger partial charge in [0.05, 0.1) is 30.6 Å². The van der Waals surface area contributed by atoms with Crippen molar-refractivity contribution < 1.29 is 18.7 Å². The summed E-state index contributed by atoms with van der Waals surface area (Å²) in [5.74, 6) is 1.52. The number of carbonyl (C=O) groups excluding carboxylic acids is 2. The molecule has 1 aliphatic heterocycles. The summed E-state index contributed by atoms with van der Waals surface area (Å²) in [6.45, 7) is 2.34. The minimum Gasteiger partial charge on any atom is -0.497 e. The summed E-state index contributed by atoms with van der Waals surface area (Å²) in [6, 6.07) is 21.8. The van der Waals surface area contributed by atoms with Crippen molar-refractivity contribution in [3.8, 4) is 17.0 Å². The van der Waals surface area contributed by atoms with Crippen LogP contribution in [0.25, 0.3) is 11.3 Å². The molecule has 0 radical (unpaired) electrons. The van der Waals surface area contributed by atoms with Gasteiger partial charge < -0.3 is 23.9 Å². The molecule has 0 atom stereocenters. The van der Waals surface area contributed by atoms with Crippen LogP contribution in [0.5, 0.6) is 5.75 Å². The lowest BCUT2D eigenvalue weighted by Crippen LogP contribution is -2.52. The van der Waals surface area contributed by atoms with Crippen molar-refractivity contribution in [1.29, 1.82) is 0 Å². The molecule has 0 spiro atoms. The van der Waals surface area contributed by atoms with Crippen LogP contribution in [0, 0.1) is 0 Å². The van der Waals surface area contributed by atoms with Gasteiger partial charge in [0.2, 0.25) is 5.91 Å². The van der Waals surface area contributed by atoms with Gasteiger partial charge in [-0.1, -0.05) is 35.9 Å². The number of benzene rings is 2. The number of hydrogen-bond donors (Lipinski definition) is 0. The number of carbonyl (C=O) groups is 2. The summed E-state index contributed by atoms with van der Waals surface area (Å²) in [4.78, 5) is 32.0. The minimum atomic E-state index is -0.272. The molecule has 0 bridgehead atoms. The van der Waals surface area contributed by atoms with Gasteiger partial charge in [-0.15, -0.1) is 10.2 Å². The lowest BCUT2D eigenvalue weighted by Gasteiger charge is -2.36. The van der Waals surface area contributed by atoms with Crippen molar-refractivity contribution in [1.82, 2.24) is 20.0 Å². The first-order chi connectivity index (χ1) is 19.0. The van der Waals surface area contributed by atoms with Crippen LogP contribution in [0.3, 0.4) is 0 Å². The highest BCUT2D eigenvalue weighted by Crippen LogP contribution is 2.26. The van der Waals surface area contributed by atoms with E-state index in [1.54, 1.807) is 54.7 Å². The highest BCUT2D eigenvalue weighted by atomic mass is 35.5. The third-order valence-electron chi connectivity index (χ3n) is 6.61. The Morgan fingerprint density at radius 3 is 2.49 bits per heavy atom. The van der Waals surface area contributed by atoms with Gasteiger partial charge in [-0.05, 0) is 48.5 Å². The number of halogens is 1. The number of nitrogens with zero attached hydrogens (tertiary/aromatic N) is 5. The Kier molecular flexibility index (Phi) is 8.07. The molecular weight excluding hydrogens is 518 g/mol. The van der Waals surface area contributed by atoms with Crippen LogP contribution in [0.15, 0.2) is 83.5 Å². The summed E-state index contributed by atoms with van der Waals surface area (Å²) < 4.78 is 10.7. The zero-order valence-electron chi connectivity index (χ0n) is 21.5. The molecule has 39 heavy (non-hydrogen) atoms. The molecule has 200 valence electrons. The Morgan fingerprint density at radius 2 is 1.79 bits per heavy atom. The van der Waals surface area contributed by atoms with Gasteiger partial charge in [-0.25, -0.2) is 0 Å². The normalized spacial score (nSPS) is 13.3. The van der Waals surface area contributed by atoms with Gasteiger partial charge in [-0.3, -0.25) is 9.59 Å². The zero-order valence-corrected chi connectivity index (χ0v) is 22.3. The van der Waals surface area contributed by atoms with Gasteiger partial charge in [0.1, 0.15) is 18.1 Å². The molecule has 2 aromatic heterocycles. The van der Waals surface area contributed by atoms with E-state index >= 15 is 0 Å². The van der Waals surface area contributed by atoms with Crippen molar-refractivity contribution in [2.75, 3.05) is 44.7 Å². The smallest absolute Gasteiger partial charge is 0.254 e. The largest absolute Gasteiger partial charge is 0.497 e. The molecule has 5 rings (SSSR count). The summed E-state index contributed by atoms with van der Waals surface area (Å²) >= 11 is 6.29. The number of furan rings is 1. The number of aromatic nitrogens is 2. The molecule has 2 amide bonds. The van der Waals surface area contributed by atoms with Gasteiger partial charge in [0, 0.05) is 37.3 Å². The average Bonchev–Trinajstić information content (AvgIpc) is 3.50. The van der Waals surface area contributed by atoms with E-state index in [0.717, 1.165) is 11.4 Å². The number of ether oxygens (including phenoxy) is 1. The predicted molar refractivity (Wildman–Crippen MR) is 148 cm³/mol. The maximum Gasteiger partial charge on any atom is 0.254 e. The molecule has 1 aliphatic rings. The summed E-state index contributed by atoms with van der Waals surface area (Å²) in [7, 11) is 1.55. The second kappa shape index (κ2) is 12.0. The number of methoxy groups -OCH3 is 1. The Balaban J connectivity index is 1.22. The van der Waals surface area contributed by atoms with Crippen LogP contribution in [-0.2, 0) is 11.3 Å². The van der Waals surface area contributed by atoms with E-state index in [0.29, 0.717) is 54.0 Å². The number of anilines is 1. The monoisotopic (exact) mass is 545 g/mol. The van der Waals surface area contributed by atoms with Gasteiger partial charge >= 0.3 is 0 Å². The van der Waals surface area contributed by atoms with E-state index in [-0.39, 0.29) is 24.9 Å². The summed E-state index contributed by atoms with van der Waals surface area (Å²) in [5, 5.41) is 9.37. The summed E-state index contributed by atoms with van der Waals surface area (Å²) in [6.07, 6.45) is 1.55. The van der Waals surface area contributed by atoms with Crippen LogP contribution in [0.2, 0.25) is 5.02 Å². The maximum absolute atomic E-state index is 13.4.